The van der Waals surface area contributed by atoms with Gasteiger partial charge >= 0.3 is 0 Å². The summed E-state index contributed by atoms with van der Waals surface area (Å²) in [7, 11) is 0. The molecule has 0 aliphatic carbocycles. The van der Waals surface area contributed by atoms with Crippen LogP contribution in [0.4, 0.5) is 11.4 Å². The highest BCUT2D eigenvalue weighted by molar-refractivity contribution is 6.03. The number of carbonyl (C=O) groups excluding carboxylic acids is 3. The van der Waals surface area contributed by atoms with Gasteiger partial charge in [-0.05, 0) is 43.2 Å². The Morgan fingerprint density at radius 2 is 1.94 bits per heavy atom. The van der Waals surface area contributed by atoms with Crippen LogP contribution < -0.4 is 25.0 Å². The summed E-state index contributed by atoms with van der Waals surface area (Å²) in [5.41, 5.74) is 0.998. The van der Waals surface area contributed by atoms with Gasteiger partial charge in [0.15, 0.2) is 6.61 Å². The van der Waals surface area contributed by atoms with Gasteiger partial charge in [0.25, 0.3) is 5.91 Å². The lowest BCUT2D eigenvalue weighted by molar-refractivity contribution is -0.125. The average molecular weight is 425 g/mol. The standard InChI is InChI=1S/C23H27N3O5/c1-2-12-24-22(28)15-26-19-14-17(10-11-20(19)31-16-23(26)29)25-21(27)9-6-13-30-18-7-4-3-5-8-18/h3-5,7-8,10-11,14H,2,6,9,12-13,15-16H2,1H3,(H,24,28)(H,25,27). The predicted octanol–water partition coefficient (Wildman–Crippen LogP) is 2.74. The molecule has 0 bridgehead atoms. The SMILES string of the molecule is CCCNC(=O)CN1C(=O)COc2ccc(NC(=O)CCCOc3ccccc3)cc21. The van der Waals surface area contributed by atoms with Crippen molar-refractivity contribution >= 4 is 29.1 Å². The van der Waals surface area contributed by atoms with E-state index in [9.17, 15) is 14.4 Å². The number of benzene rings is 2. The number of rotatable bonds is 10. The molecule has 2 aromatic rings. The summed E-state index contributed by atoms with van der Waals surface area (Å²) in [5, 5.41) is 5.59. The molecule has 3 amide bonds. The number of para-hydroxylation sites is 1. The van der Waals surface area contributed by atoms with Crippen molar-refractivity contribution in [3.8, 4) is 11.5 Å². The number of nitrogens with zero attached hydrogens (tertiary/aromatic N) is 1. The quantitative estimate of drug-likeness (QED) is 0.571. The molecule has 0 atom stereocenters. The largest absolute Gasteiger partial charge is 0.494 e. The molecule has 8 nitrogen and oxygen atoms in total. The van der Waals surface area contributed by atoms with Gasteiger partial charge in [0.2, 0.25) is 11.8 Å². The number of ether oxygens (including phenoxy) is 2. The van der Waals surface area contributed by atoms with E-state index in [1.54, 1.807) is 18.2 Å². The first-order chi connectivity index (χ1) is 15.1. The van der Waals surface area contributed by atoms with Gasteiger partial charge in [-0.2, -0.15) is 0 Å². The Hall–Kier alpha value is -3.55. The Labute approximate surface area is 181 Å². The topological polar surface area (TPSA) is 97.0 Å². The first-order valence-corrected chi connectivity index (χ1v) is 10.4. The summed E-state index contributed by atoms with van der Waals surface area (Å²) in [6.45, 7) is 2.72. The first-order valence-electron chi connectivity index (χ1n) is 10.4. The maximum atomic E-state index is 12.3. The van der Waals surface area contributed by atoms with Crippen LogP contribution in [-0.4, -0.2) is 44.0 Å². The van der Waals surface area contributed by atoms with Crippen molar-refractivity contribution in [1.29, 1.82) is 0 Å². The van der Waals surface area contributed by atoms with Gasteiger partial charge in [0, 0.05) is 18.7 Å². The van der Waals surface area contributed by atoms with Crippen molar-refractivity contribution in [2.75, 3.05) is 36.5 Å². The average Bonchev–Trinajstić information content (AvgIpc) is 2.78. The van der Waals surface area contributed by atoms with E-state index in [0.717, 1.165) is 12.2 Å². The third-order valence-corrected chi connectivity index (χ3v) is 4.62. The van der Waals surface area contributed by atoms with Crippen LogP contribution in [0.3, 0.4) is 0 Å². The summed E-state index contributed by atoms with van der Waals surface area (Å²) in [5.74, 6) is 0.561. The summed E-state index contributed by atoms with van der Waals surface area (Å²) in [4.78, 5) is 38.1. The van der Waals surface area contributed by atoms with Gasteiger partial charge in [-0.1, -0.05) is 25.1 Å². The lowest BCUT2D eigenvalue weighted by Gasteiger charge is -2.29. The second kappa shape index (κ2) is 11.0. The molecule has 1 aliphatic heterocycles. The summed E-state index contributed by atoms with van der Waals surface area (Å²) < 4.78 is 11.1. The number of amides is 3. The van der Waals surface area contributed by atoms with Gasteiger partial charge in [-0.25, -0.2) is 0 Å². The van der Waals surface area contributed by atoms with Crippen LogP contribution >= 0.6 is 0 Å². The highest BCUT2D eigenvalue weighted by Gasteiger charge is 2.27. The Balaban J connectivity index is 1.55. The van der Waals surface area contributed by atoms with E-state index in [0.29, 0.717) is 43.1 Å². The molecule has 164 valence electrons. The van der Waals surface area contributed by atoms with Crippen LogP contribution in [0, 0.1) is 0 Å². The van der Waals surface area contributed by atoms with E-state index in [1.165, 1.54) is 4.90 Å². The van der Waals surface area contributed by atoms with E-state index < -0.39 is 0 Å². The molecule has 1 heterocycles. The molecule has 0 radical (unpaired) electrons. The maximum absolute atomic E-state index is 12.3. The van der Waals surface area contributed by atoms with Crippen molar-refractivity contribution in [1.82, 2.24) is 5.32 Å². The summed E-state index contributed by atoms with van der Waals surface area (Å²) >= 11 is 0. The third kappa shape index (κ3) is 6.47. The van der Waals surface area contributed by atoms with Gasteiger partial charge in [0.1, 0.15) is 18.0 Å². The zero-order valence-corrected chi connectivity index (χ0v) is 17.6. The zero-order chi connectivity index (χ0) is 22.1. The molecule has 0 saturated carbocycles. The fourth-order valence-corrected chi connectivity index (χ4v) is 3.08. The van der Waals surface area contributed by atoms with Crippen LogP contribution in [-0.2, 0) is 14.4 Å². The van der Waals surface area contributed by atoms with Crippen LogP contribution in [0.2, 0.25) is 0 Å². The van der Waals surface area contributed by atoms with Crippen LogP contribution in [0.5, 0.6) is 11.5 Å². The van der Waals surface area contributed by atoms with Gasteiger partial charge in [-0.15, -0.1) is 0 Å². The Morgan fingerprint density at radius 3 is 2.71 bits per heavy atom. The van der Waals surface area contributed by atoms with Gasteiger partial charge in [0.05, 0.1) is 12.3 Å². The minimum Gasteiger partial charge on any atom is -0.494 e. The molecule has 0 spiro atoms. The van der Waals surface area contributed by atoms with Crippen LogP contribution in [0.15, 0.2) is 48.5 Å². The number of fused-ring (bicyclic) bond motifs is 1. The molecular weight excluding hydrogens is 398 g/mol. The van der Waals surface area contributed by atoms with E-state index in [1.807, 2.05) is 37.3 Å². The van der Waals surface area contributed by atoms with E-state index in [4.69, 9.17) is 9.47 Å². The fraction of sp³-hybridized carbons (Fsp3) is 0.348. The Morgan fingerprint density at radius 1 is 1.13 bits per heavy atom. The molecule has 0 fully saturated rings. The van der Waals surface area contributed by atoms with Gasteiger partial charge in [-0.3, -0.25) is 19.3 Å². The smallest absolute Gasteiger partial charge is 0.265 e. The molecule has 2 aromatic carbocycles. The molecule has 3 rings (SSSR count). The lowest BCUT2D eigenvalue weighted by Crippen LogP contribution is -2.45. The Kier molecular flexibility index (Phi) is 7.86. The van der Waals surface area contributed by atoms with Crippen molar-refractivity contribution in [2.24, 2.45) is 0 Å². The van der Waals surface area contributed by atoms with Crippen molar-refractivity contribution < 1.29 is 23.9 Å². The maximum Gasteiger partial charge on any atom is 0.265 e. The molecule has 0 saturated heterocycles. The third-order valence-electron chi connectivity index (χ3n) is 4.62. The number of hydrogen-bond acceptors (Lipinski definition) is 5. The van der Waals surface area contributed by atoms with Crippen LogP contribution in [0.1, 0.15) is 26.2 Å². The highest BCUT2D eigenvalue weighted by atomic mass is 16.5. The second-order valence-electron chi connectivity index (χ2n) is 7.11. The van der Waals surface area contributed by atoms with E-state index in [2.05, 4.69) is 10.6 Å². The lowest BCUT2D eigenvalue weighted by atomic mass is 10.2. The summed E-state index contributed by atoms with van der Waals surface area (Å²) in [6.07, 6.45) is 1.67. The highest BCUT2D eigenvalue weighted by Crippen LogP contribution is 2.34. The van der Waals surface area contributed by atoms with Crippen molar-refractivity contribution in [3.63, 3.8) is 0 Å². The van der Waals surface area contributed by atoms with Gasteiger partial charge < -0.3 is 20.1 Å². The minimum atomic E-state index is -0.305. The fourth-order valence-electron chi connectivity index (χ4n) is 3.08. The molecule has 0 aromatic heterocycles. The van der Waals surface area contributed by atoms with E-state index >= 15 is 0 Å². The predicted molar refractivity (Wildman–Crippen MR) is 117 cm³/mol. The molecule has 31 heavy (non-hydrogen) atoms. The number of nitrogens with one attached hydrogen (secondary N) is 2. The minimum absolute atomic E-state index is 0.0938. The molecule has 1 aliphatic rings. The Bertz CT molecular complexity index is 917. The zero-order valence-electron chi connectivity index (χ0n) is 17.6. The molecular formula is C23H27N3O5. The molecule has 8 heteroatoms. The number of anilines is 2. The monoisotopic (exact) mass is 425 g/mol. The van der Waals surface area contributed by atoms with Crippen LogP contribution in [0.25, 0.3) is 0 Å². The molecule has 2 N–H and O–H groups in total. The molecule has 0 unspecified atom stereocenters. The van der Waals surface area contributed by atoms with Crippen molar-refractivity contribution in [2.45, 2.75) is 26.2 Å². The summed E-state index contributed by atoms with van der Waals surface area (Å²) in [6, 6.07) is 14.5. The van der Waals surface area contributed by atoms with Crippen molar-refractivity contribution in [3.05, 3.63) is 48.5 Å². The first kappa shape index (κ1) is 22.1. The second-order valence-corrected chi connectivity index (χ2v) is 7.11. The van der Waals surface area contributed by atoms with E-state index in [-0.39, 0.29) is 30.9 Å². The normalized spacial score (nSPS) is 12.5. The number of carbonyl (C=O) groups is 3. The number of hydrogen-bond donors (Lipinski definition) is 2.